The van der Waals surface area contributed by atoms with E-state index in [0.717, 1.165) is 22.9 Å². The second kappa shape index (κ2) is 9.73. The molecule has 0 aliphatic carbocycles. The van der Waals surface area contributed by atoms with Crippen molar-refractivity contribution in [1.29, 1.82) is 10.5 Å². The summed E-state index contributed by atoms with van der Waals surface area (Å²) in [6, 6.07) is 22.9. The standard InChI is InChI=1S/C23H17N7O2S/c24-11-12-33-23-29-28-22(26)30(23)14-18(31)27-21-17(13-25)19(15-7-3-1-4-8-15)20(32-21)16-9-5-2-6-10-16/h1-10H,12,14H2,(H2,26,28)(H,27,31). The van der Waals surface area contributed by atoms with Gasteiger partial charge in [0.15, 0.2) is 5.16 Å². The van der Waals surface area contributed by atoms with Crippen LogP contribution in [0.25, 0.3) is 22.5 Å². The molecular weight excluding hydrogens is 438 g/mol. The lowest BCUT2D eigenvalue weighted by Crippen LogP contribution is -2.20. The number of hydrogen-bond donors (Lipinski definition) is 2. The van der Waals surface area contributed by atoms with Crippen molar-refractivity contribution in [3.8, 4) is 34.6 Å². The first-order valence-electron chi connectivity index (χ1n) is 9.78. The van der Waals surface area contributed by atoms with Crippen molar-refractivity contribution in [2.45, 2.75) is 11.7 Å². The van der Waals surface area contributed by atoms with Crippen molar-refractivity contribution in [2.75, 3.05) is 16.8 Å². The minimum Gasteiger partial charge on any atom is -0.438 e. The van der Waals surface area contributed by atoms with Gasteiger partial charge in [-0.15, -0.1) is 10.2 Å². The Morgan fingerprint density at radius 3 is 2.36 bits per heavy atom. The quantitative estimate of drug-likeness (QED) is 0.399. The number of nitrogens with two attached hydrogens (primary N) is 1. The highest BCUT2D eigenvalue weighted by Crippen LogP contribution is 2.41. The number of carbonyl (C=O) groups is 1. The van der Waals surface area contributed by atoms with E-state index < -0.39 is 5.91 Å². The summed E-state index contributed by atoms with van der Waals surface area (Å²) in [5, 5.41) is 29.4. The first-order chi connectivity index (χ1) is 16.1. The van der Waals surface area contributed by atoms with E-state index in [1.807, 2.05) is 66.7 Å². The molecule has 33 heavy (non-hydrogen) atoms. The normalized spacial score (nSPS) is 10.4. The number of benzene rings is 2. The Morgan fingerprint density at radius 2 is 1.73 bits per heavy atom. The van der Waals surface area contributed by atoms with E-state index in [1.165, 1.54) is 4.57 Å². The third kappa shape index (κ3) is 4.56. The van der Waals surface area contributed by atoms with Gasteiger partial charge in [0.1, 0.15) is 23.9 Å². The molecule has 0 aliphatic rings. The number of furan rings is 1. The lowest BCUT2D eigenvalue weighted by molar-refractivity contribution is -0.116. The molecule has 0 unspecified atom stereocenters. The third-order valence-electron chi connectivity index (χ3n) is 4.68. The second-order valence-corrected chi connectivity index (χ2v) is 7.72. The van der Waals surface area contributed by atoms with Crippen LogP contribution in [0.15, 0.2) is 70.2 Å². The number of nitriles is 2. The molecule has 0 saturated heterocycles. The topological polar surface area (TPSA) is 147 Å². The van der Waals surface area contributed by atoms with Crippen molar-refractivity contribution < 1.29 is 9.21 Å². The zero-order valence-electron chi connectivity index (χ0n) is 17.2. The maximum absolute atomic E-state index is 12.8. The second-order valence-electron chi connectivity index (χ2n) is 6.78. The van der Waals surface area contributed by atoms with E-state index in [-0.39, 0.29) is 29.7 Å². The Labute approximate surface area is 193 Å². The van der Waals surface area contributed by atoms with Crippen LogP contribution in [0, 0.1) is 22.7 Å². The van der Waals surface area contributed by atoms with Crippen molar-refractivity contribution in [2.24, 2.45) is 0 Å². The van der Waals surface area contributed by atoms with Gasteiger partial charge in [0.2, 0.25) is 17.7 Å². The molecule has 9 nitrogen and oxygen atoms in total. The molecule has 3 N–H and O–H groups in total. The highest BCUT2D eigenvalue weighted by molar-refractivity contribution is 7.99. The average Bonchev–Trinajstić information content (AvgIpc) is 3.38. The van der Waals surface area contributed by atoms with Gasteiger partial charge < -0.3 is 10.2 Å². The molecule has 0 saturated carbocycles. The van der Waals surface area contributed by atoms with E-state index in [1.54, 1.807) is 0 Å². The van der Waals surface area contributed by atoms with Crippen LogP contribution in [0.4, 0.5) is 11.8 Å². The molecule has 162 valence electrons. The predicted molar refractivity (Wildman–Crippen MR) is 124 cm³/mol. The third-order valence-corrected chi connectivity index (χ3v) is 5.52. The number of aromatic nitrogens is 3. The molecule has 1 amide bonds. The number of rotatable bonds is 7. The summed E-state index contributed by atoms with van der Waals surface area (Å²) in [4.78, 5) is 12.8. The van der Waals surface area contributed by atoms with Crippen LogP contribution in [0.3, 0.4) is 0 Å². The number of nitrogen functional groups attached to an aromatic ring is 1. The fourth-order valence-electron chi connectivity index (χ4n) is 3.26. The minimum atomic E-state index is -0.482. The molecule has 0 fully saturated rings. The van der Waals surface area contributed by atoms with Gasteiger partial charge in [0.25, 0.3) is 0 Å². The molecule has 4 rings (SSSR count). The van der Waals surface area contributed by atoms with Crippen LogP contribution in [0.2, 0.25) is 0 Å². The number of nitrogens with one attached hydrogen (secondary N) is 1. The van der Waals surface area contributed by atoms with Gasteiger partial charge in [-0.25, -0.2) is 0 Å². The van der Waals surface area contributed by atoms with Crippen molar-refractivity contribution in [3.63, 3.8) is 0 Å². The molecule has 4 aromatic rings. The number of nitrogens with zero attached hydrogens (tertiary/aromatic N) is 5. The predicted octanol–water partition coefficient (Wildman–Crippen LogP) is 3.91. The summed E-state index contributed by atoms with van der Waals surface area (Å²) in [6.45, 7) is -0.209. The summed E-state index contributed by atoms with van der Waals surface area (Å²) in [5.41, 5.74) is 8.19. The van der Waals surface area contributed by atoms with Crippen LogP contribution in [0.1, 0.15) is 5.56 Å². The molecule has 0 radical (unpaired) electrons. The summed E-state index contributed by atoms with van der Waals surface area (Å²) in [5.74, 6) is 0.211. The lowest BCUT2D eigenvalue weighted by atomic mass is 9.98. The van der Waals surface area contributed by atoms with E-state index in [4.69, 9.17) is 15.4 Å². The largest absolute Gasteiger partial charge is 0.438 e. The molecule has 10 heteroatoms. The zero-order chi connectivity index (χ0) is 23.2. The van der Waals surface area contributed by atoms with Crippen molar-refractivity contribution in [3.05, 3.63) is 66.2 Å². The van der Waals surface area contributed by atoms with Crippen LogP contribution in [-0.2, 0) is 11.3 Å². The monoisotopic (exact) mass is 455 g/mol. The number of hydrogen-bond acceptors (Lipinski definition) is 8. The van der Waals surface area contributed by atoms with E-state index in [2.05, 4.69) is 21.6 Å². The van der Waals surface area contributed by atoms with E-state index in [0.29, 0.717) is 16.5 Å². The fraction of sp³-hybridized carbons (Fsp3) is 0.0870. The SMILES string of the molecule is N#CCSc1nnc(N)n1CC(=O)Nc1oc(-c2ccccc2)c(-c2ccccc2)c1C#N. The summed E-state index contributed by atoms with van der Waals surface area (Å²) >= 11 is 1.12. The van der Waals surface area contributed by atoms with Crippen LogP contribution in [0.5, 0.6) is 0 Å². The minimum absolute atomic E-state index is 0.0399. The maximum atomic E-state index is 12.8. The number of anilines is 2. The first-order valence-corrected chi connectivity index (χ1v) is 10.8. The Kier molecular flexibility index (Phi) is 6.39. The summed E-state index contributed by atoms with van der Waals surface area (Å²) in [6.07, 6.45) is 0. The summed E-state index contributed by atoms with van der Waals surface area (Å²) < 4.78 is 7.41. The first kappa shape index (κ1) is 21.7. The Hall–Kier alpha value is -4.54. The van der Waals surface area contributed by atoms with E-state index in [9.17, 15) is 10.1 Å². The Balaban J connectivity index is 1.70. The highest BCUT2D eigenvalue weighted by atomic mass is 32.2. The van der Waals surface area contributed by atoms with Crippen molar-refractivity contribution in [1.82, 2.24) is 14.8 Å². The van der Waals surface area contributed by atoms with Gasteiger partial charge in [-0.3, -0.25) is 14.7 Å². The molecule has 0 bridgehead atoms. The van der Waals surface area contributed by atoms with Gasteiger partial charge in [-0.1, -0.05) is 72.4 Å². The van der Waals surface area contributed by atoms with Gasteiger partial charge >= 0.3 is 0 Å². The number of carbonyl (C=O) groups excluding carboxylic acids is 1. The molecule has 0 aliphatic heterocycles. The lowest BCUT2D eigenvalue weighted by Gasteiger charge is -2.07. The molecule has 2 aromatic heterocycles. The summed E-state index contributed by atoms with van der Waals surface area (Å²) in [7, 11) is 0. The smallest absolute Gasteiger partial charge is 0.246 e. The number of amides is 1. The van der Waals surface area contributed by atoms with Crippen LogP contribution >= 0.6 is 11.8 Å². The van der Waals surface area contributed by atoms with Gasteiger partial charge in [0, 0.05) is 11.1 Å². The van der Waals surface area contributed by atoms with E-state index >= 15 is 0 Å². The molecule has 0 spiro atoms. The fourth-order valence-corrected chi connectivity index (χ4v) is 3.87. The highest BCUT2D eigenvalue weighted by Gasteiger charge is 2.24. The molecule has 2 aromatic carbocycles. The van der Waals surface area contributed by atoms with Crippen molar-refractivity contribution >= 4 is 29.5 Å². The zero-order valence-corrected chi connectivity index (χ0v) is 18.0. The maximum Gasteiger partial charge on any atom is 0.246 e. The molecular formula is C23H17N7O2S. The average molecular weight is 456 g/mol. The Morgan fingerprint density at radius 1 is 1.06 bits per heavy atom. The number of thioether (sulfide) groups is 1. The molecule has 0 atom stereocenters. The van der Waals surface area contributed by atoms with Gasteiger partial charge in [-0.2, -0.15) is 10.5 Å². The van der Waals surface area contributed by atoms with Gasteiger partial charge in [0.05, 0.1) is 11.8 Å². The Bertz CT molecular complexity index is 1370. The van der Waals surface area contributed by atoms with Crippen LogP contribution < -0.4 is 11.1 Å². The van der Waals surface area contributed by atoms with Gasteiger partial charge in [-0.05, 0) is 5.56 Å². The van der Waals surface area contributed by atoms with Crippen LogP contribution in [-0.4, -0.2) is 26.4 Å². The molecule has 2 heterocycles.